The summed E-state index contributed by atoms with van der Waals surface area (Å²) in [5.74, 6) is 0.682. The van der Waals surface area contributed by atoms with Crippen molar-refractivity contribution in [2.75, 3.05) is 11.5 Å². The Hall–Kier alpha value is -3.83. The monoisotopic (exact) mass is 464 g/mol. The van der Waals surface area contributed by atoms with E-state index in [1.165, 1.54) is 11.8 Å². The number of amidine groups is 1. The number of rotatable bonds is 6. The van der Waals surface area contributed by atoms with E-state index in [4.69, 9.17) is 9.73 Å². The maximum atomic E-state index is 13.7. The standard InChI is InChI=1S/C29H24N2O2S/c1-2-19-33-26-18-17-21-11-9-10-16-24(21)25(26)20-27-28(32)31(23-14-7-4-8-15-23)29(34-27)30-22-12-5-3-6-13-22/h3-18,20H,2,19H2,1H3/b27-20+,30-29?. The zero-order chi connectivity index (χ0) is 23.3. The number of amides is 1. The van der Waals surface area contributed by atoms with E-state index < -0.39 is 0 Å². The molecule has 0 bridgehead atoms. The lowest BCUT2D eigenvalue weighted by Crippen LogP contribution is -2.28. The molecule has 1 aliphatic heterocycles. The summed E-state index contributed by atoms with van der Waals surface area (Å²) in [6, 6.07) is 31.6. The lowest BCUT2D eigenvalue weighted by molar-refractivity contribution is -0.113. The highest BCUT2D eigenvalue weighted by Gasteiger charge is 2.35. The number of fused-ring (bicyclic) bond motifs is 1. The van der Waals surface area contributed by atoms with Crippen molar-refractivity contribution in [1.29, 1.82) is 0 Å². The Kier molecular flexibility index (Phi) is 6.45. The highest BCUT2D eigenvalue weighted by Crippen LogP contribution is 2.39. The average Bonchev–Trinajstić information content (AvgIpc) is 3.18. The molecule has 5 heteroatoms. The van der Waals surface area contributed by atoms with Gasteiger partial charge in [0.25, 0.3) is 5.91 Å². The fourth-order valence-corrected chi connectivity index (χ4v) is 4.84. The number of ether oxygens (including phenoxy) is 1. The molecule has 0 spiro atoms. The molecule has 0 saturated carbocycles. The Bertz CT molecular complexity index is 1380. The van der Waals surface area contributed by atoms with Crippen LogP contribution in [0, 0.1) is 0 Å². The fraction of sp³-hybridized carbons (Fsp3) is 0.103. The molecular weight excluding hydrogens is 440 g/mol. The normalized spacial score (nSPS) is 16.0. The third-order valence-electron chi connectivity index (χ3n) is 5.47. The predicted molar refractivity (Wildman–Crippen MR) is 143 cm³/mol. The van der Waals surface area contributed by atoms with Crippen LogP contribution in [0.25, 0.3) is 16.8 Å². The predicted octanol–water partition coefficient (Wildman–Crippen LogP) is 7.44. The minimum Gasteiger partial charge on any atom is -0.493 e. The van der Waals surface area contributed by atoms with E-state index in [2.05, 4.69) is 25.1 Å². The number of aliphatic imine (C=N–C) groups is 1. The molecule has 4 nitrogen and oxygen atoms in total. The molecule has 1 amide bonds. The number of nitrogens with zero attached hydrogens (tertiary/aromatic N) is 2. The second-order valence-corrected chi connectivity index (χ2v) is 8.87. The van der Waals surface area contributed by atoms with Crippen molar-refractivity contribution in [2.24, 2.45) is 4.99 Å². The van der Waals surface area contributed by atoms with Crippen molar-refractivity contribution in [1.82, 2.24) is 0 Å². The molecule has 34 heavy (non-hydrogen) atoms. The van der Waals surface area contributed by atoms with E-state index in [9.17, 15) is 4.79 Å². The molecule has 4 aromatic rings. The van der Waals surface area contributed by atoms with Gasteiger partial charge in [-0.05, 0) is 65.4 Å². The van der Waals surface area contributed by atoms with Gasteiger partial charge in [-0.1, -0.05) is 73.7 Å². The first-order chi connectivity index (χ1) is 16.7. The molecule has 0 radical (unpaired) electrons. The minimum absolute atomic E-state index is 0.0970. The van der Waals surface area contributed by atoms with E-state index in [1.807, 2.05) is 84.9 Å². The summed E-state index contributed by atoms with van der Waals surface area (Å²) >= 11 is 1.38. The van der Waals surface area contributed by atoms with Crippen LogP contribution in [0.3, 0.4) is 0 Å². The van der Waals surface area contributed by atoms with Crippen molar-refractivity contribution in [3.05, 3.63) is 108 Å². The molecular formula is C29H24N2O2S. The molecule has 5 rings (SSSR count). The molecule has 1 aliphatic rings. The number of thioether (sulfide) groups is 1. The molecule has 0 aromatic heterocycles. The van der Waals surface area contributed by atoms with Crippen molar-refractivity contribution < 1.29 is 9.53 Å². The van der Waals surface area contributed by atoms with Gasteiger partial charge in [-0.2, -0.15) is 0 Å². The van der Waals surface area contributed by atoms with Gasteiger partial charge in [-0.15, -0.1) is 0 Å². The van der Waals surface area contributed by atoms with Crippen molar-refractivity contribution in [3.63, 3.8) is 0 Å². The number of anilines is 1. The number of carbonyl (C=O) groups excluding carboxylic acids is 1. The van der Waals surface area contributed by atoms with Crippen LogP contribution >= 0.6 is 11.8 Å². The van der Waals surface area contributed by atoms with Gasteiger partial charge in [0.2, 0.25) is 0 Å². The third-order valence-corrected chi connectivity index (χ3v) is 6.44. The van der Waals surface area contributed by atoms with Gasteiger partial charge in [0.05, 0.1) is 22.9 Å². The highest BCUT2D eigenvalue weighted by atomic mass is 32.2. The number of hydrogen-bond acceptors (Lipinski definition) is 4. The number of para-hydroxylation sites is 2. The summed E-state index contributed by atoms with van der Waals surface area (Å²) in [7, 11) is 0. The molecule has 1 fully saturated rings. The topological polar surface area (TPSA) is 41.9 Å². The first-order valence-electron chi connectivity index (χ1n) is 11.3. The van der Waals surface area contributed by atoms with Crippen LogP contribution in [0.2, 0.25) is 0 Å². The molecule has 0 unspecified atom stereocenters. The van der Waals surface area contributed by atoms with Gasteiger partial charge < -0.3 is 4.74 Å². The maximum Gasteiger partial charge on any atom is 0.271 e. The first-order valence-corrected chi connectivity index (χ1v) is 12.1. The zero-order valence-electron chi connectivity index (χ0n) is 18.8. The lowest BCUT2D eigenvalue weighted by Gasteiger charge is -2.15. The molecule has 168 valence electrons. The number of benzene rings is 4. The van der Waals surface area contributed by atoms with Crippen molar-refractivity contribution in [3.8, 4) is 5.75 Å². The van der Waals surface area contributed by atoms with E-state index in [0.717, 1.165) is 39.9 Å². The van der Waals surface area contributed by atoms with Gasteiger partial charge in [0.1, 0.15) is 5.75 Å². The van der Waals surface area contributed by atoms with E-state index in [1.54, 1.807) is 4.90 Å². The van der Waals surface area contributed by atoms with Crippen LogP contribution < -0.4 is 9.64 Å². The van der Waals surface area contributed by atoms with Crippen LogP contribution in [0.5, 0.6) is 5.75 Å². The summed E-state index contributed by atoms with van der Waals surface area (Å²) in [5.41, 5.74) is 2.51. The summed E-state index contributed by atoms with van der Waals surface area (Å²) in [5, 5.41) is 2.79. The molecule has 1 heterocycles. The minimum atomic E-state index is -0.0970. The van der Waals surface area contributed by atoms with Gasteiger partial charge in [-0.25, -0.2) is 4.99 Å². The number of hydrogen-bond donors (Lipinski definition) is 0. The Morgan fingerprint density at radius 2 is 1.59 bits per heavy atom. The summed E-state index contributed by atoms with van der Waals surface area (Å²) < 4.78 is 6.06. The molecule has 1 saturated heterocycles. The Morgan fingerprint density at radius 3 is 2.35 bits per heavy atom. The van der Waals surface area contributed by atoms with Crippen LogP contribution in [-0.4, -0.2) is 17.7 Å². The first kappa shape index (κ1) is 22.0. The Labute approximate surface area is 203 Å². The SMILES string of the molecule is CCCOc1ccc2ccccc2c1/C=C1/SC(=Nc2ccccc2)N(c2ccccc2)C1=O. The molecule has 0 atom stereocenters. The van der Waals surface area contributed by atoms with E-state index in [0.29, 0.717) is 16.7 Å². The van der Waals surface area contributed by atoms with Gasteiger partial charge in [-0.3, -0.25) is 9.69 Å². The second kappa shape index (κ2) is 9.98. The molecule has 4 aromatic carbocycles. The Morgan fingerprint density at radius 1 is 0.882 bits per heavy atom. The van der Waals surface area contributed by atoms with Gasteiger partial charge in [0.15, 0.2) is 5.17 Å². The summed E-state index contributed by atoms with van der Waals surface area (Å²) in [6.07, 6.45) is 2.86. The van der Waals surface area contributed by atoms with E-state index in [-0.39, 0.29) is 5.91 Å². The Balaban J connectivity index is 1.63. The summed E-state index contributed by atoms with van der Waals surface area (Å²) in [4.78, 5) is 20.8. The highest BCUT2D eigenvalue weighted by molar-refractivity contribution is 8.19. The maximum absolute atomic E-state index is 13.7. The van der Waals surface area contributed by atoms with E-state index >= 15 is 0 Å². The fourth-order valence-electron chi connectivity index (χ4n) is 3.86. The van der Waals surface area contributed by atoms with Gasteiger partial charge in [0, 0.05) is 5.56 Å². The van der Waals surface area contributed by atoms with Crippen LogP contribution in [0.15, 0.2) is 107 Å². The zero-order valence-corrected chi connectivity index (χ0v) is 19.7. The third kappa shape index (κ3) is 4.47. The van der Waals surface area contributed by atoms with Crippen molar-refractivity contribution in [2.45, 2.75) is 13.3 Å². The van der Waals surface area contributed by atoms with Crippen LogP contribution in [-0.2, 0) is 4.79 Å². The van der Waals surface area contributed by atoms with Gasteiger partial charge >= 0.3 is 0 Å². The van der Waals surface area contributed by atoms with Crippen molar-refractivity contribution >= 4 is 51.1 Å². The lowest BCUT2D eigenvalue weighted by atomic mass is 10.0. The average molecular weight is 465 g/mol. The molecule has 0 aliphatic carbocycles. The summed E-state index contributed by atoms with van der Waals surface area (Å²) in [6.45, 7) is 2.70. The molecule has 0 N–H and O–H groups in total. The second-order valence-electron chi connectivity index (χ2n) is 7.86. The smallest absolute Gasteiger partial charge is 0.271 e. The van der Waals surface area contributed by atoms with Crippen LogP contribution in [0.1, 0.15) is 18.9 Å². The quantitative estimate of drug-likeness (QED) is 0.279. The largest absolute Gasteiger partial charge is 0.493 e. The van der Waals surface area contributed by atoms with Crippen LogP contribution in [0.4, 0.5) is 11.4 Å². The number of carbonyl (C=O) groups is 1.